The summed E-state index contributed by atoms with van der Waals surface area (Å²) in [4.78, 5) is 29.3. The van der Waals surface area contributed by atoms with E-state index in [0.29, 0.717) is 18.4 Å². The number of carbonyl (C=O) groups is 2. The zero-order valence-corrected chi connectivity index (χ0v) is 15.6. The van der Waals surface area contributed by atoms with Crippen molar-refractivity contribution in [1.29, 1.82) is 0 Å². The van der Waals surface area contributed by atoms with Gasteiger partial charge in [0.2, 0.25) is 5.91 Å². The molecule has 1 aromatic carbocycles. The van der Waals surface area contributed by atoms with Crippen LogP contribution in [0.3, 0.4) is 0 Å². The van der Waals surface area contributed by atoms with E-state index in [2.05, 4.69) is 29.2 Å². The molecule has 0 radical (unpaired) electrons. The molecule has 4 rings (SSSR count). The van der Waals surface area contributed by atoms with Crippen molar-refractivity contribution in [2.45, 2.75) is 39.3 Å². The summed E-state index contributed by atoms with van der Waals surface area (Å²) in [6.07, 6.45) is 1.97. The Labute approximate surface area is 155 Å². The molecule has 140 valence electrons. The number of benzene rings is 1. The van der Waals surface area contributed by atoms with Crippen molar-refractivity contribution in [3.05, 3.63) is 35.9 Å². The van der Waals surface area contributed by atoms with E-state index in [1.807, 2.05) is 19.9 Å². The van der Waals surface area contributed by atoms with E-state index in [4.69, 9.17) is 4.74 Å². The number of hydrogen-bond donors (Lipinski definition) is 0. The van der Waals surface area contributed by atoms with Gasteiger partial charge in [0, 0.05) is 19.6 Å². The predicted molar refractivity (Wildman–Crippen MR) is 98.2 cm³/mol. The van der Waals surface area contributed by atoms with Crippen molar-refractivity contribution in [1.82, 2.24) is 9.80 Å². The first-order valence-electron chi connectivity index (χ1n) is 9.80. The molecule has 1 saturated carbocycles. The second-order valence-electron chi connectivity index (χ2n) is 8.38. The van der Waals surface area contributed by atoms with E-state index in [9.17, 15) is 9.59 Å². The van der Waals surface area contributed by atoms with Crippen molar-refractivity contribution in [3.8, 4) is 0 Å². The number of nitrogens with zero attached hydrogens (tertiary/aromatic N) is 2. The standard InChI is InChI=1S/C21H28N2O3/c1-14(2)19-13-26-21(25)23(19)20(24)18-12-22(11-17(18)16-8-9-16)10-15-6-4-3-5-7-15/h3-7,14,16-19H,8-13H2,1-2H3/t17-,18-,19+/m0/s1. The van der Waals surface area contributed by atoms with E-state index in [-0.39, 0.29) is 23.8 Å². The van der Waals surface area contributed by atoms with Gasteiger partial charge in [-0.15, -0.1) is 0 Å². The number of likely N-dealkylation sites (tertiary alicyclic amines) is 1. The van der Waals surface area contributed by atoms with Crippen LogP contribution in [0.15, 0.2) is 30.3 Å². The Morgan fingerprint density at radius 1 is 1.19 bits per heavy atom. The highest BCUT2D eigenvalue weighted by Gasteiger charge is 2.50. The Hall–Kier alpha value is -1.88. The molecule has 26 heavy (non-hydrogen) atoms. The molecule has 1 aromatic rings. The van der Waals surface area contributed by atoms with Crippen LogP contribution in [0.5, 0.6) is 0 Å². The predicted octanol–water partition coefficient (Wildman–Crippen LogP) is 3.15. The Morgan fingerprint density at radius 2 is 1.92 bits per heavy atom. The third-order valence-electron chi connectivity index (χ3n) is 6.15. The highest BCUT2D eigenvalue weighted by atomic mass is 16.6. The first-order valence-corrected chi connectivity index (χ1v) is 9.80. The number of carbonyl (C=O) groups excluding carboxylic acids is 2. The number of imide groups is 1. The monoisotopic (exact) mass is 356 g/mol. The molecule has 2 saturated heterocycles. The van der Waals surface area contributed by atoms with Gasteiger partial charge in [0.25, 0.3) is 0 Å². The molecule has 5 heteroatoms. The molecule has 2 heterocycles. The molecule has 3 fully saturated rings. The van der Waals surface area contributed by atoms with Crippen molar-refractivity contribution in [2.75, 3.05) is 19.7 Å². The van der Waals surface area contributed by atoms with Crippen LogP contribution in [-0.4, -0.2) is 47.5 Å². The van der Waals surface area contributed by atoms with E-state index in [0.717, 1.165) is 19.6 Å². The van der Waals surface area contributed by atoms with Crippen molar-refractivity contribution < 1.29 is 14.3 Å². The van der Waals surface area contributed by atoms with Gasteiger partial charge in [-0.2, -0.15) is 0 Å². The molecule has 2 amide bonds. The van der Waals surface area contributed by atoms with Crippen LogP contribution in [-0.2, 0) is 16.1 Å². The lowest BCUT2D eigenvalue weighted by molar-refractivity contribution is -0.135. The zero-order chi connectivity index (χ0) is 18.3. The van der Waals surface area contributed by atoms with Crippen LogP contribution in [0.1, 0.15) is 32.3 Å². The van der Waals surface area contributed by atoms with Gasteiger partial charge in [0.15, 0.2) is 0 Å². The number of ether oxygens (including phenoxy) is 1. The summed E-state index contributed by atoms with van der Waals surface area (Å²) in [5.74, 6) is 1.12. The molecule has 3 atom stereocenters. The maximum absolute atomic E-state index is 13.3. The summed E-state index contributed by atoms with van der Waals surface area (Å²) < 4.78 is 5.21. The molecule has 0 aromatic heterocycles. The van der Waals surface area contributed by atoms with Crippen molar-refractivity contribution >= 4 is 12.0 Å². The topological polar surface area (TPSA) is 49.9 Å². The van der Waals surface area contributed by atoms with Gasteiger partial charge >= 0.3 is 6.09 Å². The van der Waals surface area contributed by atoms with Gasteiger partial charge in [-0.3, -0.25) is 9.69 Å². The fourth-order valence-electron chi connectivity index (χ4n) is 4.51. The summed E-state index contributed by atoms with van der Waals surface area (Å²) in [5.41, 5.74) is 1.27. The van der Waals surface area contributed by atoms with Crippen molar-refractivity contribution in [2.24, 2.45) is 23.7 Å². The number of rotatable bonds is 5. The van der Waals surface area contributed by atoms with Crippen molar-refractivity contribution in [3.63, 3.8) is 0 Å². The third kappa shape index (κ3) is 3.37. The fourth-order valence-corrected chi connectivity index (χ4v) is 4.51. The second kappa shape index (κ2) is 7.03. The minimum atomic E-state index is -0.454. The Kier molecular flexibility index (Phi) is 4.74. The van der Waals surface area contributed by atoms with Crippen LogP contribution in [0.4, 0.5) is 4.79 Å². The van der Waals surface area contributed by atoms with E-state index in [1.165, 1.54) is 23.3 Å². The molecule has 2 aliphatic heterocycles. The summed E-state index contributed by atoms with van der Waals surface area (Å²) in [6, 6.07) is 10.3. The maximum Gasteiger partial charge on any atom is 0.416 e. The molecule has 5 nitrogen and oxygen atoms in total. The quantitative estimate of drug-likeness (QED) is 0.813. The molecular weight excluding hydrogens is 328 g/mol. The van der Waals surface area contributed by atoms with Gasteiger partial charge in [-0.25, -0.2) is 9.69 Å². The smallest absolute Gasteiger partial charge is 0.416 e. The lowest BCUT2D eigenvalue weighted by Gasteiger charge is -2.27. The Balaban J connectivity index is 1.50. The normalized spacial score (nSPS) is 29.4. The third-order valence-corrected chi connectivity index (χ3v) is 6.15. The number of amides is 2. The maximum atomic E-state index is 13.3. The lowest BCUT2D eigenvalue weighted by Crippen LogP contribution is -2.46. The van der Waals surface area contributed by atoms with Crippen LogP contribution >= 0.6 is 0 Å². The Bertz CT molecular complexity index is 671. The van der Waals surface area contributed by atoms with E-state index >= 15 is 0 Å². The molecular formula is C21H28N2O3. The van der Waals surface area contributed by atoms with Gasteiger partial charge < -0.3 is 4.74 Å². The first kappa shape index (κ1) is 17.5. The Morgan fingerprint density at radius 3 is 2.58 bits per heavy atom. The van der Waals surface area contributed by atoms with E-state index in [1.54, 1.807) is 0 Å². The van der Waals surface area contributed by atoms with Gasteiger partial charge in [0.05, 0.1) is 12.0 Å². The lowest BCUT2D eigenvalue weighted by atomic mass is 9.89. The second-order valence-corrected chi connectivity index (χ2v) is 8.38. The van der Waals surface area contributed by atoms with Gasteiger partial charge in [-0.05, 0) is 36.2 Å². The molecule has 0 bridgehead atoms. The molecule has 3 aliphatic rings. The van der Waals surface area contributed by atoms with Gasteiger partial charge in [-0.1, -0.05) is 44.2 Å². The highest BCUT2D eigenvalue weighted by molar-refractivity contribution is 5.95. The minimum Gasteiger partial charge on any atom is -0.447 e. The molecule has 0 N–H and O–H groups in total. The van der Waals surface area contributed by atoms with Crippen LogP contribution < -0.4 is 0 Å². The van der Waals surface area contributed by atoms with Crippen LogP contribution in [0.2, 0.25) is 0 Å². The largest absolute Gasteiger partial charge is 0.447 e. The summed E-state index contributed by atoms with van der Waals surface area (Å²) in [5, 5.41) is 0. The summed E-state index contributed by atoms with van der Waals surface area (Å²) in [7, 11) is 0. The average Bonchev–Trinajstić information content (AvgIpc) is 3.27. The van der Waals surface area contributed by atoms with Gasteiger partial charge in [0.1, 0.15) is 6.61 Å². The van der Waals surface area contributed by atoms with Crippen LogP contribution in [0, 0.1) is 23.7 Å². The SMILES string of the molecule is CC(C)[C@H]1COC(=O)N1C(=O)[C@H]1CN(Cc2ccccc2)C[C@H]1C1CC1. The summed E-state index contributed by atoms with van der Waals surface area (Å²) >= 11 is 0. The fraction of sp³-hybridized carbons (Fsp3) is 0.619. The molecule has 0 unspecified atom stereocenters. The first-order chi connectivity index (χ1) is 12.5. The molecule has 0 spiro atoms. The number of hydrogen-bond acceptors (Lipinski definition) is 4. The minimum absolute atomic E-state index is 0.0151. The molecule has 1 aliphatic carbocycles. The van der Waals surface area contributed by atoms with Crippen LogP contribution in [0.25, 0.3) is 0 Å². The average molecular weight is 356 g/mol. The zero-order valence-electron chi connectivity index (χ0n) is 15.6. The number of cyclic esters (lactones) is 1. The highest BCUT2D eigenvalue weighted by Crippen LogP contribution is 2.45. The summed E-state index contributed by atoms with van der Waals surface area (Å²) in [6.45, 7) is 6.97. The van der Waals surface area contributed by atoms with E-state index < -0.39 is 6.09 Å².